The lowest BCUT2D eigenvalue weighted by atomic mass is 10.00. The van der Waals surface area contributed by atoms with Crippen molar-refractivity contribution in [3.05, 3.63) is 0 Å². The Morgan fingerprint density at radius 2 is 1.18 bits per heavy atom. The van der Waals surface area contributed by atoms with Crippen LogP contribution in [0.3, 0.4) is 0 Å². The molecule has 0 aliphatic carbocycles. The maximum atomic E-state index is 12.8. The van der Waals surface area contributed by atoms with E-state index in [9.17, 15) is 34.2 Å². The molecular formula is C22H41N5O7. The van der Waals surface area contributed by atoms with E-state index in [0.29, 0.717) is 0 Å². The van der Waals surface area contributed by atoms with Crippen molar-refractivity contribution in [2.45, 2.75) is 78.6 Å². The summed E-state index contributed by atoms with van der Waals surface area (Å²) in [5, 5.41) is 28.8. The highest BCUT2D eigenvalue weighted by Crippen LogP contribution is 2.09. The van der Waals surface area contributed by atoms with Gasteiger partial charge in [0.05, 0.1) is 13.2 Å². The Kier molecular flexibility index (Phi) is 14.0. The summed E-state index contributed by atoms with van der Waals surface area (Å²) in [6.45, 7) is 9.59. The number of nitrogens with two attached hydrogens (primary N) is 1. The molecule has 0 heterocycles. The van der Waals surface area contributed by atoms with E-state index in [0.717, 1.165) is 0 Å². The third kappa shape index (κ3) is 11.4. The lowest BCUT2D eigenvalue weighted by molar-refractivity contribution is -0.143. The second kappa shape index (κ2) is 15.2. The number of carboxylic acid groups (broad SMARTS) is 1. The summed E-state index contributed by atoms with van der Waals surface area (Å²) >= 11 is 0. The quantitative estimate of drug-likeness (QED) is 0.148. The summed E-state index contributed by atoms with van der Waals surface area (Å²) in [6.07, 6.45) is 0.488. The molecule has 0 aromatic rings. The van der Waals surface area contributed by atoms with Crippen molar-refractivity contribution in [1.82, 2.24) is 21.3 Å². The molecule has 0 spiro atoms. The number of hydrogen-bond donors (Lipinski definition) is 7. The second-order valence-electron chi connectivity index (χ2n) is 9.46. The van der Waals surface area contributed by atoms with Gasteiger partial charge in [0.2, 0.25) is 23.6 Å². The fourth-order valence-electron chi connectivity index (χ4n) is 3.17. The molecule has 0 aliphatic rings. The number of carbonyl (C=O) groups excluding carboxylic acids is 4. The minimum absolute atomic E-state index is 0.0148. The van der Waals surface area contributed by atoms with E-state index in [1.54, 1.807) is 13.8 Å². The summed E-state index contributed by atoms with van der Waals surface area (Å²) in [6, 6.07) is -4.58. The molecule has 0 bridgehead atoms. The standard InChI is InChI=1S/C22H41N5O7/c1-11(2)7-14(24-17(29)9-23)19(30)26-16(10-28)20(31)27-18(13(5)6)21(32)25-15(22(33)34)8-12(3)4/h11-16,18,28H,7-10,23H2,1-6H3,(H,24,29)(H,25,32)(H,26,30)(H,27,31)(H,33,34). The zero-order chi connectivity index (χ0) is 26.6. The van der Waals surface area contributed by atoms with Gasteiger partial charge in [-0.25, -0.2) is 4.79 Å². The first kappa shape index (κ1) is 31.3. The van der Waals surface area contributed by atoms with E-state index in [4.69, 9.17) is 5.73 Å². The number of nitrogens with one attached hydrogen (secondary N) is 4. The topological polar surface area (TPSA) is 200 Å². The first-order chi connectivity index (χ1) is 15.7. The molecule has 12 nitrogen and oxygen atoms in total. The fourth-order valence-corrected chi connectivity index (χ4v) is 3.17. The van der Waals surface area contributed by atoms with Gasteiger partial charge in [-0.1, -0.05) is 41.5 Å². The Bertz CT molecular complexity index is 712. The Labute approximate surface area is 200 Å². The first-order valence-corrected chi connectivity index (χ1v) is 11.5. The Balaban J connectivity index is 5.40. The Morgan fingerprint density at radius 3 is 1.59 bits per heavy atom. The molecule has 0 saturated carbocycles. The molecule has 0 rings (SSSR count). The molecule has 0 aromatic heterocycles. The van der Waals surface area contributed by atoms with Gasteiger partial charge in [-0.05, 0) is 30.6 Å². The van der Waals surface area contributed by atoms with Crippen LogP contribution in [0.25, 0.3) is 0 Å². The van der Waals surface area contributed by atoms with Crippen LogP contribution in [0.1, 0.15) is 54.4 Å². The van der Waals surface area contributed by atoms with E-state index in [1.807, 2.05) is 27.7 Å². The largest absolute Gasteiger partial charge is 0.480 e. The number of rotatable bonds is 15. The van der Waals surface area contributed by atoms with Gasteiger partial charge in [0.25, 0.3) is 0 Å². The van der Waals surface area contributed by atoms with Crippen LogP contribution < -0.4 is 27.0 Å². The molecule has 0 radical (unpaired) electrons. The van der Waals surface area contributed by atoms with Crippen molar-refractivity contribution in [1.29, 1.82) is 0 Å². The third-order valence-corrected chi connectivity index (χ3v) is 4.93. The van der Waals surface area contributed by atoms with Crippen LogP contribution in [0.5, 0.6) is 0 Å². The van der Waals surface area contributed by atoms with Crippen LogP contribution >= 0.6 is 0 Å². The summed E-state index contributed by atoms with van der Waals surface area (Å²) in [5.41, 5.74) is 5.30. The van der Waals surface area contributed by atoms with Crippen molar-refractivity contribution in [2.24, 2.45) is 23.5 Å². The first-order valence-electron chi connectivity index (χ1n) is 11.5. The number of aliphatic hydroxyl groups excluding tert-OH is 1. The molecule has 4 atom stereocenters. The highest BCUT2D eigenvalue weighted by atomic mass is 16.4. The molecule has 196 valence electrons. The van der Waals surface area contributed by atoms with Gasteiger partial charge in [0.15, 0.2) is 0 Å². The van der Waals surface area contributed by atoms with Crippen LogP contribution in [0, 0.1) is 17.8 Å². The predicted octanol–water partition coefficient (Wildman–Crippen LogP) is -1.29. The summed E-state index contributed by atoms with van der Waals surface area (Å²) in [4.78, 5) is 61.3. The predicted molar refractivity (Wildman–Crippen MR) is 125 cm³/mol. The minimum Gasteiger partial charge on any atom is -0.480 e. The van der Waals surface area contributed by atoms with Crippen molar-refractivity contribution in [3.8, 4) is 0 Å². The maximum absolute atomic E-state index is 12.8. The number of carboxylic acids is 1. The zero-order valence-electron chi connectivity index (χ0n) is 20.9. The lowest BCUT2D eigenvalue weighted by Gasteiger charge is -2.27. The van der Waals surface area contributed by atoms with Crippen LogP contribution in [0.4, 0.5) is 0 Å². The summed E-state index contributed by atoms with van der Waals surface area (Å²) < 4.78 is 0. The second-order valence-corrected chi connectivity index (χ2v) is 9.46. The van der Waals surface area contributed by atoms with E-state index in [2.05, 4.69) is 21.3 Å². The monoisotopic (exact) mass is 487 g/mol. The van der Waals surface area contributed by atoms with E-state index < -0.39 is 66.3 Å². The molecule has 4 unspecified atom stereocenters. The molecule has 0 saturated heterocycles. The fraction of sp³-hybridized carbons (Fsp3) is 0.773. The average Bonchev–Trinajstić information content (AvgIpc) is 2.73. The minimum atomic E-state index is -1.39. The molecular weight excluding hydrogens is 446 g/mol. The normalized spacial score (nSPS) is 14.8. The Hall–Kier alpha value is -2.73. The number of carbonyl (C=O) groups is 5. The molecule has 8 N–H and O–H groups in total. The smallest absolute Gasteiger partial charge is 0.326 e. The van der Waals surface area contributed by atoms with Gasteiger partial charge in [-0.2, -0.15) is 0 Å². The van der Waals surface area contributed by atoms with Crippen LogP contribution in [0.2, 0.25) is 0 Å². The van der Waals surface area contributed by atoms with Gasteiger partial charge < -0.3 is 37.2 Å². The van der Waals surface area contributed by atoms with E-state index in [-0.39, 0.29) is 31.2 Å². The summed E-state index contributed by atoms with van der Waals surface area (Å²) in [5.74, 6) is -4.29. The van der Waals surface area contributed by atoms with Crippen molar-refractivity contribution in [3.63, 3.8) is 0 Å². The molecule has 0 aliphatic heterocycles. The van der Waals surface area contributed by atoms with Gasteiger partial charge in [-0.15, -0.1) is 0 Å². The SMILES string of the molecule is CC(C)CC(NC(=O)C(NC(=O)C(CO)NC(=O)C(CC(C)C)NC(=O)CN)C(C)C)C(=O)O. The zero-order valence-corrected chi connectivity index (χ0v) is 20.9. The molecule has 12 heteroatoms. The number of aliphatic carboxylic acids is 1. The van der Waals surface area contributed by atoms with Gasteiger partial charge in [0, 0.05) is 0 Å². The van der Waals surface area contributed by atoms with E-state index in [1.165, 1.54) is 0 Å². The number of amides is 4. The highest BCUT2D eigenvalue weighted by molar-refractivity contribution is 5.95. The Morgan fingerprint density at radius 1 is 0.706 bits per heavy atom. The molecule has 0 aromatic carbocycles. The van der Waals surface area contributed by atoms with Gasteiger partial charge in [0.1, 0.15) is 24.2 Å². The number of hydrogen-bond acceptors (Lipinski definition) is 7. The molecule has 0 fully saturated rings. The third-order valence-electron chi connectivity index (χ3n) is 4.93. The maximum Gasteiger partial charge on any atom is 0.326 e. The van der Waals surface area contributed by atoms with Crippen molar-refractivity contribution >= 4 is 29.6 Å². The average molecular weight is 488 g/mol. The van der Waals surface area contributed by atoms with Crippen molar-refractivity contribution in [2.75, 3.05) is 13.2 Å². The van der Waals surface area contributed by atoms with E-state index >= 15 is 0 Å². The summed E-state index contributed by atoms with van der Waals surface area (Å²) in [7, 11) is 0. The van der Waals surface area contributed by atoms with Crippen LogP contribution in [0.15, 0.2) is 0 Å². The van der Waals surface area contributed by atoms with Gasteiger partial charge >= 0.3 is 5.97 Å². The van der Waals surface area contributed by atoms with Crippen molar-refractivity contribution < 1.29 is 34.2 Å². The number of aliphatic hydroxyl groups is 1. The van der Waals surface area contributed by atoms with Crippen LogP contribution in [-0.4, -0.2) is 77.1 Å². The van der Waals surface area contributed by atoms with Gasteiger partial charge in [-0.3, -0.25) is 19.2 Å². The van der Waals surface area contributed by atoms with Crippen LogP contribution in [-0.2, 0) is 24.0 Å². The lowest BCUT2D eigenvalue weighted by Crippen LogP contribution is -2.60. The molecule has 34 heavy (non-hydrogen) atoms. The highest BCUT2D eigenvalue weighted by Gasteiger charge is 2.32. The molecule has 4 amide bonds.